The first-order valence-corrected chi connectivity index (χ1v) is 8.77. The zero-order valence-electron chi connectivity index (χ0n) is 14.2. The van der Waals surface area contributed by atoms with Gasteiger partial charge in [-0.3, -0.25) is 4.79 Å². The SMILES string of the molecule is COc1ccc(Cl)cc1NC(=O)c1cnc(N2CCCCCC2)nc1. The zero-order chi connectivity index (χ0) is 17.6. The van der Waals surface area contributed by atoms with Gasteiger partial charge in [-0.15, -0.1) is 0 Å². The van der Waals surface area contributed by atoms with E-state index in [4.69, 9.17) is 16.3 Å². The Morgan fingerprint density at radius 2 is 1.84 bits per heavy atom. The lowest BCUT2D eigenvalue weighted by atomic mass is 10.2. The summed E-state index contributed by atoms with van der Waals surface area (Å²) in [6, 6.07) is 5.05. The molecule has 1 amide bonds. The van der Waals surface area contributed by atoms with Crippen LogP contribution in [-0.2, 0) is 0 Å². The van der Waals surface area contributed by atoms with Crippen LogP contribution in [0.25, 0.3) is 0 Å². The molecular weight excluding hydrogens is 340 g/mol. The lowest BCUT2D eigenvalue weighted by Gasteiger charge is -2.19. The highest BCUT2D eigenvalue weighted by atomic mass is 35.5. The van der Waals surface area contributed by atoms with E-state index in [0.717, 1.165) is 25.9 Å². The molecule has 25 heavy (non-hydrogen) atoms. The molecule has 0 aliphatic carbocycles. The number of amides is 1. The van der Waals surface area contributed by atoms with Crippen LogP contribution >= 0.6 is 11.6 Å². The summed E-state index contributed by atoms with van der Waals surface area (Å²) in [6.07, 6.45) is 7.91. The number of benzene rings is 1. The maximum absolute atomic E-state index is 12.4. The average Bonchev–Trinajstić information content (AvgIpc) is 2.91. The molecule has 0 saturated carbocycles. The van der Waals surface area contributed by atoms with Gasteiger partial charge in [0.05, 0.1) is 18.4 Å². The molecule has 3 rings (SSSR count). The highest BCUT2D eigenvalue weighted by molar-refractivity contribution is 6.31. The topological polar surface area (TPSA) is 67.3 Å². The van der Waals surface area contributed by atoms with E-state index in [2.05, 4.69) is 20.2 Å². The fraction of sp³-hybridized carbons (Fsp3) is 0.389. The Kier molecular flexibility index (Phi) is 5.71. The van der Waals surface area contributed by atoms with Crippen molar-refractivity contribution in [3.05, 3.63) is 41.2 Å². The summed E-state index contributed by atoms with van der Waals surface area (Å²) in [6.45, 7) is 1.93. The number of aromatic nitrogens is 2. The number of hydrogen-bond acceptors (Lipinski definition) is 5. The van der Waals surface area contributed by atoms with Crippen molar-refractivity contribution in [1.29, 1.82) is 0 Å². The van der Waals surface area contributed by atoms with Gasteiger partial charge in [0.1, 0.15) is 5.75 Å². The summed E-state index contributed by atoms with van der Waals surface area (Å²) in [5.74, 6) is 0.918. The molecule has 0 unspecified atom stereocenters. The monoisotopic (exact) mass is 360 g/mol. The first-order valence-electron chi connectivity index (χ1n) is 8.39. The number of nitrogens with one attached hydrogen (secondary N) is 1. The normalized spacial score (nSPS) is 14.7. The molecule has 1 aliphatic rings. The van der Waals surface area contributed by atoms with E-state index < -0.39 is 0 Å². The number of halogens is 1. The largest absolute Gasteiger partial charge is 0.495 e. The maximum Gasteiger partial charge on any atom is 0.258 e. The Bertz CT molecular complexity index is 728. The highest BCUT2D eigenvalue weighted by Gasteiger charge is 2.15. The fourth-order valence-corrected chi connectivity index (χ4v) is 3.02. The molecule has 0 bridgehead atoms. The smallest absolute Gasteiger partial charge is 0.258 e. The van der Waals surface area contributed by atoms with Crippen molar-refractivity contribution in [2.75, 3.05) is 30.4 Å². The molecule has 6 nitrogen and oxygen atoms in total. The molecular formula is C18H21ClN4O2. The van der Waals surface area contributed by atoms with Gasteiger partial charge in [0.15, 0.2) is 0 Å². The second-order valence-corrected chi connectivity index (χ2v) is 6.41. The van der Waals surface area contributed by atoms with E-state index in [0.29, 0.717) is 28.0 Å². The van der Waals surface area contributed by atoms with Crippen molar-refractivity contribution in [2.24, 2.45) is 0 Å². The average molecular weight is 361 g/mol. The minimum Gasteiger partial charge on any atom is -0.495 e. The lowest BCUT2D eigenvalue weighted by molar-refractivity contribution is 0.102. The molecule has 1 saturated heterocycles. The van der Waals surface area contributed by atoms with Crippen LogP contribution in [0.4, 0.5) is 11.6 Å². The van der Waals surface area contributed by atoms with Gasteiger partial charge >= 0.3 is 0 Å². The van der Waals surface area contributed by atoms with Crippen LogP contribution in [0.3, 0.4) is 0 Å². The van der Waals surface area contributed by atoms with E-state index in [1.165, 1.54) is 20.0 Å². The summed E-state index contributed by atoms with van der Waals surface area (Å²) >= 11 is 5.99. The van der Waals surface area contributed by atoms with Gasteiger partial charge in [-0.2, -0.15) is 0 Å². The van der Waals surface area contributed by atoms with E-state index >= 15 is 0 Å². The van der Waals surface area contributed by atoms with Crippen LogP contribution < -0.4 is 15.0 Å². The van der Waals surface area contributed by atoms with Crippen molar-refractivity contribution in [3.63, 3.8) is 0 Å². The molecule has 2 heterocycles. The van der Waals surface area contributed by atoms with Crippen molar-refractivity contribution in [3.8, 4) is 5.75 Å². The number of hydrogen-bond donors (Lipinski definition) is 1. The molecule has 7 heteroatoms. The Labute approximate surface area is 152 Å². The standard InChI is InChI=1S/C18H21ClN4O2/c1-25-16-7-6-14(19)10-15(16)22-17(24)13-11-20-18(21-12-13)23-8-4-2-3-5-9-23/h6-7,10-12H,2-5,8-9H2,1H3,(H,22,24). The Morgan fingerprint density at radius 3 is 2.48 bits per heavy atom. The van der Waals surface area contributed by atoms with E-state index in [9.17, 15) is 4.79 Å². The number of carbonyl (C=O) groups excluding carboxylic acids is 1. The summed E-state index contributed by atoms with van der Waals surface area (Å²) in [7, 11) is 1.54. The van der Waals surface area contributed by atoms with Gasteiger partial charge in [-0.25, -0.2) is 9.97 Å². The van der Waals surface area contributed by atoms with Crippen molar-refractivity contribution in [2.45, 2.75) is 25.7 Å². The number of rotatable bonds is 4. The third-order valence-electron chi connectivity index (χ3n) is 4.20. The van der Waals surface area contributed by atoms with E-state index in [1.807, 2.05) is 0 Å². The molecule has 0 radical (unpaired) electrons. The van der Waals surface area contributed by atoms with Crippen LogP contribution in [-0.4, -0.2) is 36.1 Å². The zero-order valence-corrected chi connectivity index (χ0v) is 14.9. The van der Waals surface area contributed by atoms with E-state index in [1.54, 1.807) is 30.6 Å². The Balaban J connectivity index is 1.71. The van der Waals surface area contributed by atoms with Crippen molar-refractivity contribution >= 4 is 29.1 Å². The minimum absolute atomic E-state index is 0.303. The number of nitrogens with zero attached hydrogens (tertiary/aromatic N) is 3. The van der Waals surface area contributed by atoms with Crippen LogP contribution in [0.1, 0.15) is 36.0 Å². The van der Waals surface area contributed by atoms with Crippen LogP contribution in [0.15, 0.2) is 30.6 Å². The highest BCUT2D eigenvalue weighted by Crippen LogP contribution is 2.28. The number of carbonyl (C=O) groups is 1. The van der Waals surface area contributed by atoms with Crippen molar-refractivity contribution in [1.82, 2.24) is 9.97 Å². The lowest BCUT2D eigenvalue weighted by Crippen LogP contribution is -2.26. The fourth-order valence-electron chi connectivity index (χ4n) is 2.84. The maximum atomic E-state index is 12.4. The number of anilines is 2. The van der Waals surface area contributed by atoms with Gasteiger partial charge in [-0.1, -0.05) is 24.4 Å². The molecule has 1 aromatic carbocycles. The quantitative estimate of drug-likeness (QED) is 0.898. The van der Waals surface area contributed by atoms with E-state index in [-0.39, 0.29) is 5.91 Å². The first kappa shape index (κ1) is 17.5. The predicted octanol–water partition coefficient (Wildman–Crippen LogP) is 3.77. The van der Waals surface area contributed by atoms with Gasteiger partial charge in [0.25, 0.3) is 5.91 Å². The second kappa shape index (κ2) is 8.16. The molecule has 1 fully saturated rings. The molecule has 1 N–H and O–H groups in total. The molecule has 0 atom stereocenters. The summed E-state index contributed by atoms with van der Waals surface area (Å²) in [5.41, 5.74) is 0.900. The first-order chi connectivity index (χ1) is 12.2. The van der Waals surface area contributed by atoms with Crippen LogP contribution in [0, 0.1) is 0 Å². The number of methoxy groups -OCH3 is 1. The summed E-state index contributed by atoms with van der Waals surface area (Å²) < 4.78 is 5.24. The Morgan fingerprint density at radius 1 is 1.16 bits per heavy atom. The Hall–Kier alpha value is -2.34. The molecule has 1 aliphatic heterocycles. The van der Waals surface area contributed by atoms with Crippen molar-refractivity contribution < 1.29 is 9.53 Å². The third-order valence-corrected chi connectivity index (χ3v) is 4.43. The van der Waals surface area contributed by atoms with Gasteiger partial charge in [-0.05, 0) is 31.0 Å². The number of ether oxygens (including phenoxy) is 1. The second-order valence-electron chi connectivity index (χ2n) is 5.97. The molecule has 132 valence electrons. The molecule has 0 spiro atoms. The summed E-state index contributed by atoms with van der Waals surface area (Å²) in [4.78, 5) is 23.3. The van der Waals surface area contributed by atoms with Crippen LogP contribution in [0.5, 0.6) is 5.75 Å². The molecule has 1 aromatic heterocycles. The summed E-state index contributed by atoms with van der Waals surface area (Å²) in [5, 5.41) is 3.30. The minimum atomic E-state index is -0.303. The van der Waals surface area contributed by atoms with Crippen LogP contribution in [0.2, 0.25) is 5.02 Å². The van der Waals surface area contributed by atoms with Gasteiger partial charge in [0, 0.05) is 30.5 Å². The van der Waals surface area contributed by atoms with Gasteiger partial charge < -0.3 is 15.0 Å². The third kappa shape index (κ3) is 4.39. The van der Waals surface area contributed by atoms with Gasteiger partial charge in [0.2, 0.25) is 5.95 Å². The predicted molar refractivity (Wildman–Crippen MR) is 98.7 cm³/mol. The molecule has 2 aromatic rings.